The molecular weight excluding hydrogens is 548 g/mol. The molecule has 0 saturated heterocycles. The van der Waals surface area contributed by atoms with Gasteiger partial charge in [0.25, 0.3) is 0 Å². The highest BCUT2D eigenvalue weighted by atomic mass is 35.5. The van der Waals surface area contributed by atoms with Gasteiger partial charge < -0.3 is 15.3 Å². The van der Waals surface area contributed by atoms with E-state index in [1.165, 1.54) is 6.08 Å². The van der Waals surface area contributed by atoms with Gasteiger partial charge in [-0.1, -0.05) is 84.4 Å². The van der Waals surface area contributed by atoms with Gasteiger partial charge in [0.1, 0.15) is 28.8 Å². The van der Waals surface area contributed by atoms with Gasteiger partial charge in [-0.15, -0.1) is 0 Å². The highest BCUT2D eigenvalue weighted by Gasteiger charge is 2.27. The maximum atomic E-state index is 12.6. The van der Waals surface area contributed by atoms with Gasteiger partial charge in [0.05, 0.1) is 10.3 Å². The molecule has 3 aromatic carbocycles. The monoisotopic (exact) mass is 564 g/mol. The van der Waals surface area contributed by atoms with E-state index in [-0.39, 0.29) is 10.8 Å². The first-order chi connectivity index (χ1) is 20.6. The molecule has 4 aliphatic rings. The van der Waals surface area contributed by atoms with Crippen LogP contribution in [-0.2, 0) is 4.79 Å². The van der Waals surface area contributed by atoms with E-state index in [1.807, 2.05) is 72.8 Å². The lowest BCUT2D eigenvalue weighted by atomic mass is 10.1. The Labute approximate surface area is 242 Å². The number of aromatic nitrogens is 2. The van der Waals surface area contributed by atoms with Gasteiger partial charge in [0, 0.05) is 38.6 Å². The molecule has 1 aliphatic carbocycles. The summed E-state index contributed by atoms with van der Waals surface area (Å²) in [4.78, 5) is 44.0. The third-order valence-electron chi connectivity index (χ3n) is 7.69. The van der Waals surface area contributed by atoms with Crippen molar-refractivity contribution in [1.82, 2.24) is 9.97 Å². The van der Waals surface area contributed by atoms with Gasteiger partial charge >= 0.3 is 0 Å². The summed E-state index contributed by atoms with van der Waals surface area (Å²) in [6, 6.07) is 23.7. The number of aliphatic imine (C=N–C) groups is 4. The predicted molar refractivity (Wildman–Crippen MR) is 165 cm³/mol. The zero-order chi connectivity index (χ0) is 27.9. The van der Waals surface area contributed by atoms with Gasteiger partial charge in [0.15, 0.2) is 23.3 Å². The van der Waals surface area contributed by atoms with Crippen LogP contribution in [-0.4, -0.2) is 39.1 Å². The van der Waals surface area contributed by atoms with Crippen LogP contribution in [0.5, 0.6) is 0 Å². The molecule has 5 aromatic rings. The van der Waals surface area contributed by atoms with Crippen molar-refractivity contribution in [2.75, 3.05) is 5.32 Å². The average molecular weight is 565 g/mol. The molecule has 9 rings (SSSR count). The fourth-order valence-electron chi connectivity index (χ4n) is 5.74. The third kappa shape index (κ3) is 3.25. The molecule has 0 atom stereocenters. The van der Waals surface area contributed by atoms with Crippen molar-refractivity contribution >= 4 is 80.1 Å². The van der Waals surface area contributed by atoms with Crippen LogP contribution in [0.2, 0.25) is 0 Å². The van der Waals surface area contributed by atoms with Crippen LogP contribution in [0.15, 0.2) is 104 Å². The van der Waals surface area contributed by atoms with E-state index in [0.29, 0.717) is 57.1 Å². The molecular formula is C32H17ClN8O. The van der Waals surface area contributed by atoms with Crippen molar-refractivity contribution < 1.29 is 4.79 Å². The Morgan fingerprint density at radius 3 is 1.86 bits per heavy atom. The molecule has 0 fully saturated rings. The van der Waals surface area contributed by atoms with E-state index in [0.717, 1.165) is 33.0 Å². The molecule has 3 N–H and O–H groups in total. The molecule has 0 unspecified atom stereocenters. The van der Waals surface area contributed by atoms with Gasteiger partial charge in [-0.05, 0) is 12.2 Å². The maximum Gasteiger partial charge on any atom is 0.197 e. The quantitative estimate of drug-likeness (QED) is 0.249. The summed E-state index contributed by atoms with van der Waals surface area (Å²) in [5, 5.41) is 5.85. The van der Waals surface area contributed by atoms with Crippen LogP contribution < -0.4 is 16.0 Å². The molecule has 0 amide bonds. The normalized spacial score (nSPS) is 16.1. The summed E-state index contributed by atoms with van der Waals surface area (Å²) < 4.78 is 0. The van der Waals surface area contributed by atoms with E-state index in [9.17, 15) is 4.79 Å². The Bertz CT molecular complexity index is 2370. The largest absolute Gasteiger partial charge is 0.325 e. The van der Waals surface area contributed by atoms with Gasteiger partial charge in [-0.2, -0.15) is 0 Å². The predicted octanol–water partition coefficient (Wildman–Crippen LogP) is 4.86. The maximum absolute atomic E-state index is 12.6. The second-order valence-corrected chi connectivity index (χ2v) is 10.5. The van der Waals surface area contributed by atoms with E-state index < -0.39 is 0 Å². The van der Waals surface area contributed by atoms with Crippen molar-refractivity contribution in [3.05, 3.63) is 117 Å². The summed E-state index contributed by atoms with van der Waals surface area (Å²) in [5.74, 6) is 3.71. The van der Waals surface area contributed by atoms with Crippen molar-refractivity contribution in [2.24, 2.45) is 25.0 Å². The number of halogens is 1. The third-order valence-corrected chi connectivity index (χ3v) is 8.06. The van der Waals surface area contributed by atoms with E-state index >= 15 is 0 Å². The fourth-order valence-corrected chi connectivity index (χ4v) is 5.99. The number of allylic oxidation sites excluding steroid dienone is 1. The minimum Gasteiger partial charge on any atom is -0.325 e. The molecule has 2 aromatic heterocycles. The van der Waals surface area contributed by atoms with Gasteiger partial charge in [-0.3, -0.25) is 4.79 Å². The number of rotatable bonds is 0. The Morgan fingerprint density at radius 2 is 1.17 bits per heavy atom. The number of H-pyrrole nitrogens is 2. The molecule has 3 aliphatic heterocycles. The number of amidine groups is 4. The number of hydrogen-bond donors (Lipinski definition) is 3. The second-order valence-electron chi connectivity index (χ2n) is 10.1. The standard InChI is InChI=1S/C32H17ClN8O/c33-24-22(42)14-13-21-23(24)32-40-30-20-12-6-5-11-19(20)28(38-30)36-26-16-8-2-1-7-15(16)25(34-26)35-27-17-9-3-4-10-18(17)29(37-27)39-31(21)41-32/h1-14,34H,(H,35,37,39)(H,36,38,40,41). The lowest BCUT2D eigenvalue weighted by Crippen LogP contribution is -2.30. The van der Waals surface area contributed by atoms with Crippen molar-refractivity contribution in [3.63, 3.8) is 0 Å². The first kappa shape index (κ1) is 23.1. The number of carbonyl (C=O) groups is 1. The van der Waals surface area contributed by atoms with E-state index in [2.05, 4.69) is 15.3 Å². The first-order valence-corrected chi connectivity index (χ1v) is 13.6. The minimum atomic E-state index is -0.291. The molecule has 5 heterocycles. The zero-order valence-corrected chi connectivity index (χ0v) is 22.4. The van der Waals surface area contributed by atoms with Crippen molar-refractivity contribution in [3.8, 4) is 0 Å². The molecule has 10 heteroatoms. The SMILES string of the molecule is O=C1C=Cc2c3[nH]c(c2=C1Cl)=NC1=NC(=Nc2[nH]c(c4ccccc24)N=C2N=C(N3)c3ccccc32)c2ccccc21. The molecule has 198 valence electrons. The highest BCUT2D eigenvalue weighted by Crippen LogP contribution is 2.36. The number of hydrogen-bond acceptors (Lipinski definition) is 7. The molecule has 0 radical (unpaired) electrons. The van der Waals surface area contributed by atoms with Crippen LogP contribution in [0, 0.1) is 0 Å². The van der Waals surface area contributed by atoms with Crippen LogP contribution in [0.3, 0.4) is 0 Å². The molecule has 42 heavy (non-hydrogen) atoms. The second kappa shape index (κ2) is 8.42. The number of ketones is 1. The summed E-state index contributed by atoms with van der Waals surface area (Å²) in [5.41, 5.74) is 4.55. The number of carbonyl (C=O) groups excluding carboxylic acids is 1. The first-order valence-electron chi connectivity index (χ1n) is 13.3. The number of nitrogens with one attached hydrogen (secondary N) is 3. The molecule has 0 spiro atoms. The minimum absolute atomic E-state index is 0.0790. The highest BCUT2D eigenvalue weighted by molar-refractivity contribution is 6.63. The fraction of sp³-hybridized carbons (Fsp3) is 0. The van der Waals surface area contributed by atoms with E-state index in [1.54, 1.807) is 6.08 Å². The Kier molecular flexibility index (Phi) is 4.63. The van der Waals surface area contributed by atoms with Crippen LogP contribution in [0.4, 0.5) is 17.5 Å². The number of nitrogens with zero attached hydrogens (tertiary/aromatic N) is 5. The Morgan fingerprint density at radius 1 is 0.595 bits per heavy atom. The molecule has 8 bridgehead atoms. The van der Waals surface area contributed by atoms with E-state index in [4.69, 9.17) is 36.6 Å². The smallest absolute Gasteiger partial charge is 0.197 e. The van der Waals surface area contributed by atoms with Crippen LogP contribution >= 0.6 is 11.6 Å². The van der Waals surface area contributed by atoms with Crippen LogP contribution in [0.25, 0.3) is 21.9 Å². The number of fused-ring (bicyclic) bond motifs is 18. The van der Waals surface area contributed by atoms with Gasteiger partial charge in [-0.25, -0.2) is 25.0 Å². The van der Waals surface area contributed by atoms with Gasteiger partial charge in [0.2, 0.25) is 0 Å². The zero-order valence-electron chi connectivity index (χ0n) is 21.6. The lowest BCUT2D eigenvalue weighted by Gasteiger charge is -2.07. The molecule has 0 saturated carbocycles. The Hall–Kier alpha value is -5.67. The number of aromatic amines is 2. The summed E-state index contributed by atoms with van der Waals surface area (Å²) in [7, 11) is 0. The topological polar surface area (TPSA) is 122 Å². The summed E-state index contributed by atoms with van der Waals surface area (Å²) in [6.07, 6.45) is 3.18. The summed E-state index contributed by atoms with van der Waals surface area (Å²) >= 11 is 6.60. The van der Waals surface area contributed by atoms with Crippen molar-refractivity contribution in [2.45, 2.75) is 0 Å². The lowest BCUT2D eigenvalue weighted by molar-refractivity contribution is -0.109. The number of benzene rings is 3. The average Bonchev–Trinajstić information content (AvgIpc) is 3.74. The molecule has 9 nitrogen and oxygen atoms in total. The van der Waals surface area contributed by atoms with Crippen molar-refractivity contribution in [1.29, 1.82) is 0 Å². The van der Waals surface area contributed by atoms with Crippen LogP contribution in [0.1, 0.15) is 27.8 Å². The Balaban J connectivity index is 1.40. The summed E-state index contributed by atoms with van der Waals surface area (Å²) in [6.45, 7) is 0. The number of anilines is 1.